The van der Waals surface area contributed by atoms with Crippen LogP contribution in [0.4, 0.5) is 0 Å². The van der Waals surface area contributed by atoms with Gasteiger partial charge in [0.15, 0.2) is 15.6 Å². The number of ketones is 1. The van der Waals surface area contributed by atoms with Gasteiger partial charge in [-0.1, -0.05) is 74.5 Å². The summed E-state index contributed by atoms with van der Waals surface area (Å²) in [6.45, 7) is 8.25. The van der Waals surface area contributed by atoms with Crippen molar-refractivity contribution in [1.82, 2.24) is 4.98 Å². The second-order valence-corrected chi connectivity index (χ2v) is 9.87. The summed E-state index contributed by atoms with van der Waals surface area (Å²) in [5.74, 6) is 0.543. The van der Waals surface area contributed by atoms with Gasteiger partial charge in [0, 0.05) is 11.4 Å². The second-order valence-electron chi connectivity index (χ2n) is 6.97. The van der Waals surface area contributed by atoms with E-state index in [0.717, 1.165) is 5.92 Å². The standard InChI is InChI=1S/C14H12BrNO3S.C8H18/c1-10(17)14-7-3-5-12(16-14)9-20(18,19)13-6-2-4-11(15)8-13;1-4-6-8(3)7-5-2/h2-8H,9H2,1H3;8H,4-7H2,1-3H3. The first-order chi connectivity index (χ1) is 13.2. The number of Topliss-reactive ketones (excluding diaryl/α,β-unsaturated/α-hetero) is 1. The average Bonchev–Trinajstić information content (AvgIpc) is 2.62. The lowest BCUT2D eigenvalue weighted by atomic mass is 10.0. The van der Waals surface area contributed by atoms with Crippen LogP contribution in [0.5, 0.6) is 0 Å². The molecule has 1 aromatic carbocycles. The molecule has 0 N–H and O–H groups in total. The molecule has 0 atom stereocenters. The van der Waals surface area contributed by atoms with E-state index >= 15 is 0 Å². The van der Waals surface area contributed by atoms with Crippen LogP contribution >= 0.6 is 15.9 Å². The largest absolute Gasteiger partial charge is 0.293 e. The molecular formula is C22H30BrNO3S. The fourth-order valence-corrected chi connectivity index (χ4v) is 4.68. The molecule has 0 saturated heterocycles. The SMILES string of the molecule is CC(=O)c1cccc(CS(=O)(=O)c2cccc(Br)c2)n1.CCCC(C)CCC. The van der Waals surface area contributed by atoms with Crippen LogP contribution in [0.1, 0.15) is 69.6 Å². The van der Waals surface area contributed by atoms with Crippen LogP contribution in [0.2, 0.25) is 0 Å². The van der Waals surface area contributed by atoms with Crippen molar-refractivity contribution < 1.29 is 13.2 Å². The Morgan fingerprint density at radius 2 is 1.68 bits per heavy atom. The van der Waals surface area contributed by atoms with Crippen molar-refractivity contribution in [2.75, 3.05) is 0 Å². The van der Waals surface area contributed by atoms with E-state index in [1.54, 1.807) is 36.4 Å². The van der Waals surface area contributed by atoms with Crippen LogP contribution in [0, 0.1) is 5.92 Å². The number of halogens is 1. The molecule has 28 heavy (non-hydrogen) atoms. The number of carbonyl (C=O) groups excluding carboxylic acids is 1. The number of sulfone groups is 1. The number of pyridine rings is 1. The third kappa shape index (κ3) is 8.65. The Morgan fingerprint density at radius 3 is 2.21 bits per heavy atom. The van der Waals surface area contributed by atoms with Crippen LogP contribution in [0.15, 0.2) is 51.8 Å². The van der Waals surface area contributed by atoms with Gasteiger partial charge < -0.3 is 0 Å². The number of aromatic nitrogens is 1. The summed E-state index contributed by atoms with van der Waals surface area (Å²) in [5.41, 5.74) is 0.629. The predicted octanol–water partition coefficient (Wildman–Crippen LogP) is 6.24. The highest BCUT2D eigenvalue weighted by molar-refractivity contribution is 9.10. The molecule has 6 heteroatoms. The highest BCUT2D eigenvalue weighted by atomic mass is 79.9. The number of nitrogens with zero attached hydrogens (tertiary/aromatic N) is 1. The third-order valence-corrected chi connectivity index (χ3v) is 6.36. The molecule has 0 aliphatic rings. The molecule has 0 bridgehead atoms. The van der Waals surface area contributed by atoms with Crippen molar-refractivity contribution in [3.8, 4) is 0 Å². The molecule has 0 spiro atoms. The van der Waals surface area contributed by atoms with Gasteiger partial charge in [0.25, 0.3) is 0 Å². The average molecular weight is 468 g/mol. The Morgan fingerprint density at radius 1 is 1.07 bits per heavy atom. The maximum atomic E-state index is 12.3. The Hall–Kier alpha value is -1.53. The monoisotopic (exact) mass is 467 g/mol. The molecule has 4 nitrogen and oxygen atoms in total. The van der Waals surface area contributed by atoms with E-state index in [9.17, 15) is 13.2 Å². The zero-order valence-corrected chi connectivity index (χ0v) is 19.5. The number of carbonyl (C=O) groups is 1. The molecule has 1 heterocycles. The number of rotatable bonds is 8. The number of hydrogen-bond donors (Lipinski definition) is 0. The summed E-state index contributed by atoms with van der Waals surface area (Å²) < 4.78 is 25.3. The molecule has 0 radical (unpaired) electrons. The Bertz CT molecular complexity index is 860. The summed E-state index contributed by atoms with van der Waals surface area (Å²) in [4.78, 5) is 15.5. The van der Waals surface area contributed by atoms with E-state index in [1.807, 2.05) is 0 Å². The van der Waals surface area contributed by atoms with Crippen LogP contribution in [0.25, 0.3) is 0 Å². The molecule has 0 aliphatic heterocycles. The minimum absolute atomic E-state index is 0.188. The molecule has 1 aromatic heterocycles. The zero-order chi connectivity index (χ0) is 21.2. The van der Waals surface area contributed by atoms with E-state index in [4.69, 9.17) is 0 Å². The van der Waals surface area contributed by atoms with Gasteiger partial charge >= 0.3 is 0 Å². The molecule has 2 aromatic rings. The Labute approximate surface area is 177 Å². The first-order valence-corrected chi connectivity index (χ1v) is 12.1. The lowest BCUT2D eigenvalue weighted by molar-refractivity contribution is 0.101. The first-order valence-electron chi connectivity index (χ1n) is 9.64. The zero-order valence-electron chi connectivity index (χ0n) is 17.1. The first kappa shape index (κ1) is 24.5. The van der Waals surface area contributed by atoms with Gasteiger partial charge in [0.05, 0.1) is 16.3 Å². The van der Waals surface area contributed by atoms with E-state index in [0.29, 0.717) is 10.2 Å². The van der Waals surface area contributed by atoms with Crippen molar-refractivity contribution in [2.45, 2.75) is 64.0 Å². The van der Waals surface area contributed by atoms with E-state index in [-0.39, 0.29) is 22.1 Å². The van der Waals surface area contributed by atoms with Gasteiger partial charge in [0.2, 0.25) is 0 Å². The molecule has 2 rings (SSSR count). The van der Waals surface area contributed by atoms with E-state index in [1.165, 1.54) is 38.7 Å². The molecule has 0 unspecified atom stereocenters. The summed E-state index contributed by atoms with van der Waals surface area (Å²) >= 11 is 3.25. The maximum Gasteiger partial charge on any atom is 0.184 e. The quantitative estimate of drug-likeness (QED) is 0.430. The van der Waals surface area contributed by atoms with Crippen LogP contribution < -0.4 is 0 Å². The molecular weight excluding hydrogens is 438 g/mol. The Kier molecular flexibility index (Phi) is 10.6. The van der Waals surface area contributed by atoms with Crippen molar-refractivity contribution in [3.05, 3.63) is 58.3 Å². The van der Waals surface area contributed by atoms with Crippen molar-refractivity contribution in [3.63, 3.8) is 0 Å². The van der Waals surface area contributed by atoms with Gasteiger partial charge in [-0.3, -0.25) is 4.79 Å². The highest BCUT2D eigenvalue weighted by Gasteiger charge is 2.17. The number of benzene rings is 1. The van der Waals surface area contributed by atoms with Gasteiger partial charge in [-0.2, -0.15) is 0 Å². The van der Waals surface area contributed by atoms with Crippen molar-refractivity contribution in [2.24, 2.45) is 5.92 Å². The molecule has 0 amide bonds. The van der Waals surface area contributed by atoms with Crippen LogP contribution in [0.3, 0.4) is 0 Å². The summed E-state index contributed by atoms with van der Waals surface area (Å²) in [7, 11) is -3.48. The molecule has 154 valence electrons. The van der Waals surface area contributed by atoms with Gasteiger partial charge in [0.1, 0.15) is 5.69 Å². The van der Waals surface area contributed by atoms with Crippen LogP contribution in [-0.2, 0) is 15.6 Å². The molecule has 0 fully saturated rings. The summed E-state index contributed by atoms with van der Waals surface area (Å²) in [5, 5.41) is 0. The topological polar surface area (TPSA) is 64.1 Å². The molecule has 0 saturated carbocycles. The summed E-state index contributed by atoms with van der Waals surface area (Å²) in [6, 6.07) is 11.3. The Balaban J connectivity index is 0.000000416. The second kappa shape index (κ2) is 12.1. The normalized spacial score (nSPS) is 11.1. The minimum Gasteiger partial charge on any atom is -0.293 e. The minimum atomic E-state index is -3.48. The van der Waals surface area contributed by atoms with E-state index in [2.05, 4.69) is 41.7 Å². The lowest BCUT2D eigenvalue weighted by Crippen LogP contribution is -2.08. The summed E-state index contributed by atoms with van der Waals surface area (Å²) in [6.07, 6.45) is 5.52. The maximum absolute atomic E-state index is 12.3. The van der Waals surface area contributed by atoms with Gasteiger partial charge in [-0.15, -0.1) is 0 Å². The van der Waals surface area contributed by atoms with Crippen molar-refractivity contribution >= 4 is 31.6 Å². The third-order valence-electron chi connectivity index (χ3n) is 4.22. The lowest BCUT2D eigenvalue weighted by Gasteiger charge is -2.05. The predicted molar refractivity (Wildman–Crippen MR) is 118 cm³/mol. The molecule has 0 aliphatic carbocycles. The smallest absolute Gasteiger partial charge is 0.184 e. The number of hydrogen-bond acceptors (Lipinski definition) is 4. The highest BCUT2D eigenvalue weighted by Crippen LogP contribution is 2.20. The fourth-order valence-electron chi connectivity index (χ4n) is 2.82. The van der Waals surface area contributed by atoms with Crippen LogP contribution in [-0.4, -0.2) is 19.2 Å². The van der Waals surface area contributed by atoms with E-state index < -0.39 is 9.84 Å². The fraction of sp³-hybridized carbons (Fsp3) is 0.455. The van der Waals surface area contributed by atoms with Gasteiger partial charge in [-0.05, 0) is 36.2 Å². The van der Waals surface area contributed by atoms with Gasteiger partial charge in [-0.25, -0.2) is 13.4 Å². The van der Waals surface area contributed by atoms with Crippen molar-refractivity contribution in [1.29, 1.82) is 0 Å².